The van der Waals surface area contributed by atoms with Crippen molar-refractivity contribution in [2.45, 2.75) is 38.6 Å². The van der Waals surface area contributed by atoms with E-state index in [1.165, 1.54) is 30.8 Å². The zero-order chi connectivity index (χ0) is 18.6. The summed E-state index contributed by atoms with van der Waals surface area (Å²) in [5.41, 5.74) is 0. The van der Waals surface area contributed by atoms with E-state index in [9.17, 15) is 14.4 Å². The molecule has 138 valence electrons. The Kier molecular flexibility index (Phi) is 6.57. The Hall–Kier alpha value is -1.90. The van der Waals surface area contributed by atoms with Gasteiger partial charge in [0, 0.05) is 14.1 Å². The largest absolute Gasteiger partial charge is 0.468 e. The number of aliphatic imine (C=N–C) groups is 1. The maximum Gasteiger partial charge on any atom is 0.358 e. The number of carbonyl (C=O) groups is 3. The first-order valence-electron chi connectivity index (χ1n) is 8.39. The number of amidine groups is 2. The maximum absolute atomic E-state index is 12.6. The monoisotopic (exact) mass is 369 g/mol. The number of thioether (sulfide) groups is 1. The molecule has 2 aliphatic rings. The molecule has 0 aromatic carbocycles. The molecule has 0 aliphatic carbocycles. The number of hydrogen-bond donors (Lipinski definition) is 0. The number of fused-ring (bicyclic) bond motifs is 1. The van der Waals surface area contributed by atoms with Crippen LogP contribution in [0.25, 0.3) is 0 Å². The van der Waals surface area contributed by atoms with Crippen LogP contribution in [0.5, 0.6) is 0 Å². The highest BCUT2D eigenvalue weighted by Gasteiger charge is 2.53. The Bertz CT molecular complexity index is 632. The number of ether oxygens (including phenoxy) is 1. The van der Waals surface area contributed by atoms with Gasteiger partial charge in [0.05, 0.1) is 13.7 Å². The van der Waals surface area contributed by atoms with Crippen molar-refractivity contribution in [3.63, 3.8) is 0 Å². The van der Waals surface area contributed by atoms with Crippen molar-refractivity contribution in [1.29, 1.82) is 0 Å². The molecule has 0 N–H and O–H groups in total. The second kappa shape index (κ2) is 8.46. The first-order valence-corrected chi connectivity index (χ1v) is 9.38. The smallest absolute Gasteiger partial charge is 0.358 e. The molecule has 0 bridgehead atoms. The zero-order valence-corrected chi connectivity index (χ0v) is 16.0. The van der Waals surface area contributed by atoms with Crippen molar-refractivity contribution in [1.82, 2.24) is 9.80 Å². The number of methoxy groups -OCH3 is 1. The van der Waals surface area contributed by atoms with Crippen LogP contribution in [0.4, 0.5) is 4.79 Å². The van der Waals surface area contributed by atoms with Gasteiger partial charge >= 0.3 is 17.2 Å². The molecule has 25 heavy (non-hydrogen) atoms. The minimum absolute atomic E-state index is 0.114. The van der Waals surface area contributed by atoms with E-state index in [-0.39, 0.29) is 17.6 Å². The molecule has 1 atom stereocenters. The van der Waals surface area contributed by atoms with Crippen molar-refractivity contribution in [3.05, 3.63) is 0 Å². The van der Waals surface area contributed by atoms with Crippen LogP contribution in [0, 0.1) is 0 Å². The number of hydrogen-bond acceptors (Lipinski definition) is 6. The second-order valence-electron chi connectivity index (χ2n) is 6.01. The number of rotatable bonds is 7. The molecule has 0 spiro atoms. The lowest BCUT2D eigenvalue weighted by atomic mass is 10.1. The van der Waals surface area contributed by atoms with E-state index in [2.05, 4.69) is 16.7 Å². The number of imide groups is 1. The van der Waals surface area contributed by atoms with Gasteiger partial charge in [-0.3, -0.25) is 19.4 Å². The summed E-state index contributed by atoms with van der Waals surface area (Å²) in [6, 6.07) is -1.00. The molecule has 0 radical (unpaired) electrons. The third kappa shape index (κ3) is 4.02. The Morgan fingerprint density at radius 3 is 2.60 bits per heavy atom. The van der Waals surface area contributed by atoms with Crippen LogP contribution in [-0.4, -0.2) is 82.8 Å². The van der Waals surface area contributed by atoms with Crippen LogP contribution in [0.2, 0.25) is 0 Å². The highest BCUT2D eigenvalue weighted by Crippen LogP contribution is 2.23. The third-order valence-electron chi connectivity index (χ3n) is 4.29. The predicted molar refractivity (Wildman–Crippen MR) is 95.9 cm³/mol. The number of carbonyl (C=O) groups excluding carboxylic acids is 3. The van der Waals surface area contributed by atoms with Crippen molar-refractivity contribution in [3.8, 4) is 0 Å². The predicted octanol–water partition coefficient (Wildman–Crippen LogP) is 1.15. The molecule has 1 unspecified atom stereocenters. The highest BCUT2D eigenvalue weighted by atomic mass is 32.2. The fourth-order valence-corrected chi connectivity index (χ4v) is 3.69. The Morgan fingerprint density at radius 2 is 1.96 bits per heavy atom. The average molecular weight is 369 g/mol. The Morgan fingerprint density at radius 1 is 1.24 bits per heavy atom. The summed E-state index contributed by atoms with van der Waals surface area (Å²) in [6.45, 7) is 2.80. The first kappa shape index (κ1) is 19.4. The van der Waals surface area contributed by atoms with Crippen LogP contribution in [0.1, 0.15) is 32.6 Å². The molecule has 1 saturated heterocycles. The quantitative estimate of drug-likeness (QED) is 0.382. The molecule has 0 aromatic rings. The lowest BCUT2D eigenvalue weighted by Gasteiger charge is -2.30. The molecule has 1 fully saturated rings. The highest BCUT2D eigenvalue weighted by molar-refractivity contribution is 8.14. The Balaban J connectivity index is 2.25. The van der Waals surface area contributed by atoms with E-state index in [4.69, 9.17) is 0 Å². The number of amides is 3. The van der Waals surface area contributed by atoms with Gasteiger partial charge < -0.3 is 4.74 Å². The van der Waals surface area contributed by atoms with Crippen molar-refractivity contribution in [2.75, 3.05) is 33.5 Å². The molecule has 9 heteroatoms. The van der Waals surface area contributed by atoms with Crippen molar-refractivity contribution in [2.24, 2.45) is 4.99 Å². The van der Waals surface area contributed by atoms with E-state index < -0.39 is 12.1 Å². The van der Waals surface area contributed by atoms with Gasteiger partial charge in [0.2, 0.25) is 0 Å². The zero-order valence-electron chi connectivity index (χ0n) is 15.2. The molecule has 2 heterocycles. The number of likely N-dealkylation sites (N-methyl/N-ethyl adjacent to an activating group) is 2. The SMILES string of the molecule is CCCCCC[N+]1=C(SCC(=O)OC)N=C2C1C(=O)N(C)C(=O)N2C. The van der Waals surface area contributed by atoms with E-state index in [0.717, 1.165) is 30.6 Å². The third-order valence-corrected chi connectivity index (χ3v) is 5.26. The topological polar surface area (TPSA) is 82.3 Å². The molecule has 2 aliphatic heterocycles. The molecular weight excluding hydrogens is 344 g/mol. The van der Waals surface area contributed by atoms with Gasteiger partial charge in [0.1, 0.15) is 5.75 Å². The number of urea groups is 1. The summed E-state index contributed by atoms with van der Waals surface area (Å²) < 4.78 is 6.58. The van der Waals surface area contributed by atoms with Crippen LogP contribution < -0.4 is 0 Å². The first-order chi connectivity index (χ1) is 11.9. The van der Waals surface area contributed by atoms with Crippen LogP contribution >= 0.6 is 11.8 Å². The van der Waals surface area contributed by atoms with Crippen molar-refractivity contribution >= 4 is 40.7 Å². The van der Waals surface area contributed by atoms with E-state index in [1.54, 1.807) is 7.05 Å². The van der Waals surface area contributed by atoms with Crippen LogP contribution in [0.15, 0.2) is 4.99 Å². The summed E-state index contributed by atoms with van der Waals surface area (Å²) in [7, 11) is 4.43. The fourth-order valence-electron chi connectivity index (χ4n) is 2.81. The molecular formula is C16H25N4O4S+. The van der Waals surface area contributed by atoms with E-state index in [0.29, 0.717) is 17.5 Å². The normalized spacial score (nSPS) is 20.2. The summed E-state index contributed by atoms with van der Waals surface area (Å²) in [6.07, 6.45) is 4.23. The van der Waals surface area contributed by atoms with Gasteiger partial charge in [-0.05, 0) is 29.6 Å². The number of esters is 1. The number of unbranched alkanes of at least 4 members (excludes halogenated alkanes) is 3. The van der Waals surface area contributed by atoms with Crippen molar-refractivity contribution < 1.29 is 23.7 Å². The van der Waals surface area contributed by atoms with Crippen LogP contribution in [0.3, 0.4) is 0 Å². The van der Waals surface area contributed by atoms with E-state index >= 15 is 0 Å². The van der Waals surface area contributed by atoms with Gasteiger partial charge in [0.25, 0.3) is 17.8 Å². The summed E-state index contributed by atoms with van der Waals surface area (Å²) >= 11 is 1.23. The molecule has 8 nitrogen and oxygen atoms in total. The summed E-state index contributed by atoms with van der Waals surface area (Å²) in [4.78, 5) is 43.3. The van der Waals surface area contributed by atoms with Gasteiger partial charge in [-0.1, -0.05) is 19.8 Å². The molecule has 2 rings (SSSR count). The van der Waals surface area contributed by atoms with Crippen LogP contribution in [-0.2, 0) is 14.3 Å². The summed E-state index contributed by atoms with van der Waals surface area (Å²) in [5, 5.41) is 0.588. The fraction of sp³-hybridized carbons (Fsp3) is 0.688. The van der Waals surface area contributed by atoms with Gasteiger partial charge in [-0.15, -0.1) is 0 Å². The lowest BCUT2D eigenvalue weighted by Crippen LogP contribution is -2.61. The number of nitrogens with zero attached hydrogens (tertiary/aromatic N) is 4. The van der Waals surface area contributed by atoms with Gasteiger partial charge in [-0.2, -0.15) is 0 Å². The molecule has 0 saturated carbocycles. The second-order valence-corrected chi connectivity index (χ2v) is 6.96. The summed E-state index contributed by atoms with van der Waals surface area (Å²) in [5.74, 6) is -0.101. The lowest BCUT2D eigenvalue weighted by molar-refractivity contribution is -0.533. The minimum atomic E-state index is -0.602. The molecule has 0 aromatic heterocycles. The average Bonchev–Trinajstić information content (AvgIpc) is 2.98. The van der Waals surface area contributed by atoms with E-state index in [1.807, 2.05) is 4.58 Å². The standard InChI is InChI=1S/C16H25N4O4S/c1-5-6-7-8-9-20-12-13(17-15(20)25-10-11(21)24-4)18(2)16(23)19(3)14(12)22/h12H,5-10H2,1-4H3/q+1. The minimum Gasteiger partial charge on any atom is -0.468 e. The van der Waals surface area contributed by atoms with Gasteiger partial charge in [0.15, 0.2) is 0 Å². The molecule has 3 amide bonds. The maximum atomic E-state index is 12.6. The van der Waals surface area contributed by atoms with Gasteiger partial charge in [-0.25, -0.2) is 9.37 Å². The Labute approximate surface area is 151 Å².